The zero-order valence-electron chi connectivity index (χ0n) is 17.8. The van der Waals surface area contributed by atoms with E-state index in [1.54, 1.807) is 47.4 Å². The van der Waals surface area contributed by atoms with Gasteiger partial charge in [0.25, 0.3) is 5.91 Å². The van der Waals surface area contributed by atoms with E-state index in [1.165, 1.54) is 32.9 Å². The van der Waals surface area contributed by atoms with Gasteiger partial charge in [-0.1, -0.05) is 23.9 Å². The molecule has 168 valence electrons. The molecule has 32 heavy (non-hydrogen) atoms. The van der Waals surface area contributed by atoms with Crippen LogP contribution in [0.2, 0.25) is 0 Å². The second-order valence-electron chi connectivity index (χ2n) is 7.55. The van der Waals surface area contributed by atoms with E-state index in [9.17, 15) is 18.0 Å². The second-order valence-corrected chi connectivity index (χ2v) is 10.9. The van der Waals surface area contributed by atoms with Gasteiger partial charge in [0.1, 0.15) is 0 Å². The molecule has 0 unspecified atom stereocenters. The molecule has 0 aliphatic carbocycles. The van der Waals surface area contributed by atoms with Gasteiger partial charge in [-0.2, -0.15) is 4.99 Å². The summed E-state index contributed by atoms with van der Waals surface area (Å²) in [5, 5.41) is 0.174. The molecule has 2 heterocycles. The molecule has 0 N–H and O–H groups in total. The van der Waals surface area contributed by atoms with Crippen molar-refractivity contribution < 1.29 is 27.5 Å². The summed E-state index contributed by atoms with van der Waals surface area (Å²) < 4.78 is 35.0. The molecule has 0 radical (unpaired) electrons. The molecule has 0 spiro atoms. The second kappa shape index (κ2) is 8.59. The number of fused-ring (bicyclic) bond motifs is 1. The van der Waals surface area contributed by atoms with Crippen LogP contribution in [0.4, 0.5) is 5.69 Å². The van der Waals surface area contributed by atoms with E-state index in [0.29, 0.717) is 33.5 Å². The Kier molecular flexibility index (Phi) is 6.00. The van der Waals surface area contributed by atoms with E-state index in [0.717, 1.165) is 0 Å². The number of amides is 1. The number of ether oxygens (including phenoxy) is 2. The molecule has 4 rings (SSSR count). The third-order valence-electron chi connectivity index (χ3n) is 5.43. The number of aliphatic imine (C=N–C) groups is 1. The number of carbonyl (C=O) groups excluding carboxylic acids is 2. The van der Waals surface area contributed by atoms with Crippen LogP contribution < -0.4 is 14.4 Å². The van der Waals surface area contributed by atoms with Gasteiger partial charge < -0.3 is 14.4 Å². The lowest BCUT2D eigenvalue weighted by molar-refractivity contribution is 0.0998. The van der Waals surface area contributed by atoms with E-state index in [1.807, 2.05) is 0 Å². The third kappa shape index (κ3) is 4.24. The molecule has 0 saturated carbocycles. The molecule has 1 amide bonds. The van der Waals surface area contributed by atoms with E-state index >= 15 is 0 Å². The molecule has 2 atom stereocenters. The number of ketones is 1. The van der Waals surface area contributed by atoms with Crippen LogP contribution in [0.25, 0.3) is 0 Å². The molecule has 2 aromatic carbocycles. The van der Waals surface area contributed by atoms with E-state index in [-0.39, 0.29) is 28.6 Å². The SMILES string of the molecule is COc1ccc(C(=O)N=C2S[C@@H]3CS(=O)(=O)C[C@@H]3N2c2cccc(C(C)=O)c2)cc1OC. The highest BCUT2D eigenvalue weighted by Gasteiger charge is 2.49. The van der Waals surface area contributed by atoms with E-state index in [2.05, 4.69) is 4.99 Å². The first-order valence-corrected chi connectivity index (χ1v) is 12.5. The minimum atomic E-state index is -3.19. The highest BCUT2D eigenvalue weighted by molar-refractivity contribution is 8.16. The number of carbonyl (C=O) groups is 2. The number of hydrogen-bond donors (Lipinski definition) is 0. The maximum atomic E-state index is 13.0. The quantitative estimate of drug-likeness (QED) is 0.610. The number of benzene rings is 2. The molecule has 0 aromatic heterocycles. The number of methoxy groups -OCH3 is 2. The zero-order chi connectivity index (χ0) is 23.0. The minimum absolute atomic E-state index is 0.0226. The first kappa shape index (κ1) is 22.3. The number of Topliss-reactive ketones (excluding diaryl/α,β-unsaturated/α-hetero) is 1. The monoisotopic (exact) mass is 474 g/mol. The van der Waals surface area contributed by atoms with Crippen molar-refractivity contribution in [1.29, 1.82) is 0 Å². The summed E-state index contributed by atoms with van der Waals surface area (Å²) in [6.07, 6.45) is 0. The van der Waals surface area contributed by atoms with Crippen LogP contribution in [0.1, 0.15) is 27.6 Å². The van der Waals surface area contributed by atoms with E-state index < -0.39 is 15.7 Å². The number of amidine groups is 1. The third-order valence-corrected chi connectivity index (χ3v) is 8.63. The van der Waals surface area contributed by atoms with E-state index in [4.69, 9.17) is 9.47 Å². The van der Waals surface area contributed by atoms with Crippen molar-refractivity contribution in [3.8, 4) is 11.5 Å². The van der Waals surface area contributed by atoms with Crippen molar-refractivity contribution in [1.82, 2.24) is 0 Å². The molecular weight excluding hydrogens is 452 g/mol. The number of thioether (sulfide) groups is 1. The Morgan fingerprint density at radius 3 is 2.47 bits per heavy atom. The minimum Gasteiger partial charge on any atom is -0.493 e. The molecule has 2 saturated heterocycles. The lowest BCUT2D eigenvalue weighted by atomic mass is 10.1. The molecule has 8 nitrogen and oxygen atoms in total. The highest BCUT2D eigenvalue weighted by atomic mass is 32.2. The summed E-state index contributed by atoms with van der Waals surface area (Å²) in [4.78, 5) is 30.9. The lowest BCUT2D eigenvalue weighted by Gasteiger charge is -2.24. The van der Waals surface area contributed by atoms with Crippen LogP contribution in [0.5, 0.6) is 11.5 Å². The van der Waals surface area contributed by atoms with Crippen LogP contribution in [0.3, 0.4) is 0 Å². The number of sulfone groups is 1. The highest BCUT2D eigenvalue weighted by Crippen LogP contribution is 2.41. The predicted octanol–water partition coefficient (Wildman–Crippen LogP) is 2.82. The van der Waals surface area contributed by atoms with Crippen molar-refractivity contribution in [2.45, 2.75) is 18.2 Å². The number of hydrogen-bond acceptors (Lipinski definition) is 7. The van der Waals surface area contributed by atoms with Gasteiger partial charge in [0, 0.05) is 22.1 Å². The van der Waals surface area contributed by atoms with Crippen LogP contribution in [0.15, 0.2) is 47.5 Å². The van der Waals surface area contributed by atoms with Crippen LogP contribution >= 0.6 is 11.8 Å². The summed E-state index contributed by atoms with van der Waals surface area (Å²) in [6.45, 7) is 1.47. The summed E-state index contributed by atoms with van der Waals surface area (Å²) >= 11 is 1.28. The average Bonchev–Trinajstić information content (AvgIpc) is 3.23. The Balaban J connectivity index is 1.73. The van der Waals surface area contributed by atoms with Gasteiger partial charge in [0.05, 0.1) is 31.8 Å². The number of anilines is 1. The fourth-order valence-electron chi connectivity index (χ4n) is 3.86. The van der Waals surface area contributed by atoms with Gasteiger partial charge in [-0.3, -0.25) is 9.59 Å². The smallest absolute Gasteiger partial charge is 0.279 e. The standard InChI is InChI=1S/C22H22N2O6S2/c1-13(25)14-5-4-6-16(9-14)24-17-11-32(27,28)12-20(17)31-22(24)23-21(26)15-7-8-18(29-2)19(10-15)30-3/h4-10,17,20H,11-12H2,1-3H3/t17-,20+/m0/s1. The van der Waals surface area contributed by atoms with Crippen LogP contribution in [-0.4, -0.2) is 62.3 Å². The number of rotatable bonds is 5. The van der Waals surface area contributed by atoms with Gasteiger partial charge in [-0.25, -0.2) is 8.42 Å². The molecule has 2 aromatic rings. The van der Waals surface area contributed by atoms with Gasteiger partial charge in [-0.15, -0.1) is 0 Å². The van der Waals surface area contributed by atoms with Crippen LogP contribution in [0, 0.1) is 0 Å². The summed E-state index contributed by atoms with van der Waals surface area (Å²) in [5.74, 6) is 0.312. The van der Waals surface area contributed by atoms with Crippen molar-refractivity contribution >= 4 is 44.1 Å². The first-order valence-electron chi connectivity index (χ1n) is 9.85. The molecule has 2 aliphatic rings. The summed E-state index contributed by atoms with van der Waals surface area (Å²) in [7, 11) is -0.203. The largest absolute Gasteiger partial charge is 0.493 e. The normalized spacial score (nSPS) is 22.6. The van der Waals surface area contributed by atoms with Crippen LogP contribution in [-0.2, 0) is 9.84 Å². The average molecular weight is 475 g/mol. The topological polar surface area (TPSA) is 102 Å². The fraction of sp³-hybridized carbons (Fsp3) is 0.318. The van der Waals surface area contributed by atoms with Crippen molar-refractivity contribution in [2.75, 3.05) is 30.6 Å². The maximum absolute atomic E-state index is 13.0. The van der Waals surface area contributed by atoms with Gasteiger partial charge >= 0.3 is 0 Å². The van der Waals surface area contributed by atoms with Crippen molar-refractivity contribution in [2.24, 2.45) is 4.99 Å². The van der Waals surface area contributed by atoms with Gasteiger partial charge in [0.2, 0.25) is 0 Å². The fourth-order valence-corrected chi connectivity index (χ4v) is 7.77. The van der Waals surface area contributed by atoms with Gasteiger partial charge in [-0.05, 0) is 37.3 Å². The Morgan fingerprint density at radius 1 is 1.03 bits per heavy atom. The van der Waals surface area contributed by atoms with Crippen molar-refractivity contribution in [3.05, 3.63) is 53.6 Å². The molecule has 10 heteroatoms. The molecule has 2 fully saturated rings. The number of nitrogens with zero attached hydrogens (tertiary/aromatic N) is 2. The summed E-state index contributed by atoms with van der Waals surface area (Å²) in [6, 6.07) is 11.3. The molecular formula is C22H22N2O6S2. The first-order chi connectivity index (χ1) is 15.2. The Labute approximate surface area is 190 Å². The predicted molar refractivity (Wildman–Crippen MR) is 124 cm³/mol. The van der Waals surface area contributed by atoms with Crippen molar-refractivity contribution in [3.63, 3.8) is 0 Å². The summed E-state index contributed by atoms with van der Waals surface area (Å²) in [5.41, 5.74) is 1.45. The molecule has 0 bridgehead atoms. The Morgan fingerprint density at radius 2 is 1.78 bits per heavy atom. The Bertz CT molecular complexity index is 1220. The maximum Gasteiger partial charge on any atom is 0.279 e. The van der Waals surface area contributed by atoms with Gasteiger partial charge in [0.15, 0.2) is 32.3 Å². The Hall–Kier alpha value is -2.85. The molecule has 2 aliphatic heterocycles. The lowest BCUT2D eigenvalue weighted by Crippen LogP contribution is -2.37. The zero-order valence-corrected chi connectivity index (χ0v) is 19.4.